The molecule has 5 nitrogen and oxygen atoms in total. The summed E-state index contributed by atoms with van der Waals surface area (Å²) < 4.78 is 10.4. The van der Waals surface area contributed by atoms with Crippen molar-refractivity contribution < 1.29 is 19.1 Å². The molecule has 0 unspecified atom stereocenters. The number of nitrogens with one attached hydrogen (secondary N) is 1. The van der Waals surface area contributed by atoms with E-state index in [2.05, 4.69) is 5.32 Å². The lowest BCUT2D eigenvalue weighted by Crippen LogP contribution is -2.13. The second-order valence-corrected chi connectivity index (χ2v) is 5.64. The Morgan fingerprint density at radius 1 is 1.12 bits per heavy atom. The molecule has 0 saturated carbocycles. The molecule has 1 amide bonds. The van der Waals surface area contributed by atoms with Gasteiger partial charge in [-0.05, 0) is 43.7 Å². The van der Waals surface area contributed by atoms with Gasteiger partial charge in [-0.2, -0.15) is 0 Å². The molecule has 0 spiro atoms. The molecule has 0 aliphatic heterocycles. The highest BCUT2D eigenvalue weighted by molar-refractivity contribution is 6.34. The number of esters is 1. The Morgan fingerprint density at radius 3 is 2.56 bits per heavy atom. The van der Waals surface area contributed by atoms with Crippen LogP contribution in [0.4, 0.5) is 5.69 Å². The molecular formula is C19H20ClNO4. The van der Waals surface area contributed by atoms with Crippen LogP contribution < -0.4 is 10.1 Å². The molecule has 0 bridgehead atoms. The van der Waals surface area contributed by atoms with Crippen molar-refractivity contribution in [1.82, 2.24) is 0 Å². The molecular weight excluding hydrogens is 342 g/mol. The molecule has 0 aromatic heterocycles. The Morgan fingerprint density at radius 2 is 1.88 bits per heavy atom. The first kappa shape index (κ1) is 18.8. The molecule has 0 aliphatic rings. The van der Waals surface area contributed by atoms with Gasteiger partial charge < -0.3 is 14.8 Å². The number of amides is 1. The molecule has 132 valence electrons. The van der Waals surface area contributed by atoms with Crippen molar-refractivity contribution >= 4 is 29.2 Å². The van der Waals surface area contributed by atoms with Crippen molar-refractivity contribution in [3.05, 3.63) is 59.1 Å². The summed E-state index contributed by atoms with van der Waals surface area (Å²) in [6, 6.07) is 14.1. The fourth-order valence-corrected chi connectivity index (χ4v) is 2.39. The molecule has 0 aliphatic carbocycles. The summed E-state index contributed by atoms with van der Waals surface area (Å²) >= 11 is 6.07. The Labute approximate surface area is 151 Å². The third-order valence-corrected chi connectivity index (χ3v) is 3.62. The third-order valence-electron chi connectivity index (χ3n) is 3.31. The highest BCUT2D eigenvalue weighted by Gasteiger charge is 2.12. The lowest BCUT2D eigenvalue weighted by molar-refractivity contribution is -0.116. The topological polar surface area (TPSA) is 64.6 Å². The summed E-state index contributed by atoms with van der Waals surface area (Å²) in [5, 5.41) is 2.99. The summed E-state index contributed by atoms with van der Waals surface area (Å²) in [5.74, 6) is 0.157. The van der Waals surface area contributed by atoms with Crippen LogP contribution in [0.15, 0.2) is 48.5 Å². The van der Waals surface area contributed by atoms with Crippen molar-refractivity contribution in [3.8, 4) is 5.75 Å². The number of halogens is 1. The summed E-state index contributed by atoms with van der Waals surface area (Å²) in [5.41, 5.74) is 0.810. The Bertz CT molecular complexity index is 719. The van der Waals surface area contributed by atoms with Crippen molar-refractivity contribution in [2.24, 2.45) is 0 Å². The number of anilines is 1. The number of hydrogen-bond acceptors (Lipinski definition) is 4. The van der Waals surface area contributed by atoms with Crippen LogP contribution in [0.25, 0.3) is 0 Å². The average Bonchev–Trinajstić information content (AvgIpc) is 2.60. The highest BCUT2D eigenvalue weighted by Crippen LogP contribution is 2.22. The van der Waals surface area contributed by atoms with Gasteiger partial charge in [0.15, 0.2) is 0 Å². The molecule has 2 rings (SSSR count). The second kappa shape index (κ2) is 9.69. The maximum Gasteiger partial charge on any atom is 0.339 e. The molecule has 0 saturated heterocycles. The highest BCUT2D eigenvalue weighted by atomic mass is 35.5. The quantitative estimate of drug-likeness (QED) is 0.562. The summed E-state index contributed by atoms with van der Waals surface area (Å²) in [6.07, 6.45) is 0.916. The fourth-order valence-electron chi connectivity index (χ4n) is 2.13. The van der Waals surface area contributed by atoms with Gasteiger partial charge in [-0.3, -0.25) is 4.79 Å². The molecule has 0 fully saturated rings. The third kappa shape index (κ3) is 6.12. The Hall–Kier alpha value is -2.53. The smallest absolute Gasteiger partial charge is 0.339 e. The van der Waals surface area contributed by atoms with E-state index < -0.39 is 5.97 Å². The van der Waals surface area contributed by atoms with Gasteiger partial charge in [-0.1, -0.05) is 29.8 Å². The van der Waals surface area contributed by atoms with Crippen LogP contribution in [0.2, 0.25) is 5.02 Å². The molecule has 2 aromatic carbocycles. The number of rotatable bonds is 8. The first-order valence-electron chi connectivity index (χ1n) is 8.04. The van der Waals surface area contributed by atoms with E-state index in [1.807, 2.05) is 30.3 Å². The predicted molar refractivity (Wildman–Crippen MR) is 97.2 cm³/mol. The summed E-state index contributed by atoms with van der Waals surface area (Å²) in [4.78, 5) is 23.6. The van der Waals surface area contributed by atoms with Gasteiger partial charge in [0.1, 0.15) is 5.75 Å². The lowest BCUT2D eigenvalue weighted by atomic mass is 10.2. The number of carbonyl (C=O) groups excluding carboxylic acids is 2. The van der Waals surface area contributed by atoms with E-state index in [0.29, 0.717) is 25.1 Å². The first-order valence-corrected chi connectivity index (χ1v) is 8.42. The van der Waals surface area contributed by atoms with Crippen LogP contribution in [0.3, 0.4) is 0 Å². The van der Waals surface area contributed by atoms with Crippen molar-refractivity contribution in [2.75, 3.05) is 18.5 Å². The lowest BCUT2D eigenvalue weighted by Gasteiger charge is -2.09. The molecule has 2 aromatic rings. The number of ether oxygens (including phenoxy) is 2. The summed E-state index contributed by atoms with van der Waals surface area (Å²) in [7, 11) is 0. The maximum atomic E-state index is 12.0. The van der Waals surface area contributed by atoms with Gasteiger partial charge in [-0.15, -0.1) is 0 Å². The fraction of sp³-hybridized carbons (Fsp3) is 0.263. The van der Waals surface area contributed by atoms with Crippen molar-refractivity contribution in [3.63, 3.8) is 0 Å². The zero-order chi connectivity index (χ0) is 18.1. The Kier molecular flexibility index (Phi) is 7.29. The number of hydrogen-bond donors (Lipinski definition) is 1. The van der Waals surface area contributed by atoms with Gasteiger partial charge in [0.25, 0.3) is 0 Å². The zero-order valence-corrected chi connectivity index (χ0v) is 14.7. The van der Waals surface area contributed by atoms with Crippen LogP contribution in [0, 0.1) is 0 Å². The maximum absolute atomic E-state index is 12.0. The number of carbonyl (C=O) groups is 2. The minimum atomic E-state index is -0.483. The van der Waals surface area contributed by atoms with Crippen LogP contribution in [-0.4, -0.2) is 25.1 Å². The SMILES string of the molecule is CCOC(=O)c1ccc(NC(=O)CCCOc2ccccc2)cc1Cl. The van der Waals surface area contributed by atoms with Crippen LogP contribution >= 0.6 is 11.6 Å². The number of para-hydroxylation sites is 1. The van der Waals surface area contributed by atoms with E-state index in [1.165, 1.54) is 12.1 Å². The van der Waals surface area contributed by atoms with Crippen molar-refractivity contribution in [2.45, 2.75) is 19.8 Å². The minimum Gasteiger partial charge on any atom is -0.494 e. The van der Waals surface area contributed by atoms with Gasteiger partial charge in [0.2, 0.25) is 5.91 Å². The van der Waals surface area contributed by atoms with E-state index in [1.54, 1.807) is 13.0 Å². The van der Waals surface area contributed by atoms with E-state index in [-0.39, 0.29) is 23.1 Å². The largest absolute Gasteiger partial charge is 0.494 e. The van der Waals surface area contributed by atoms with Crippen LogP contribution in [0.1, 0.15) is 30.1 Å². The zero-order valence-electron chi connectivity index (χ0n) is 14.0. The van der Waals surface area contributed by atoms with E-state index in [9.17, 15) is 9.59 Å². The average molecular weight is 362 g/mol. The predicted octanol–water partition coefficient (Wildman–Crippen LogP) is 4.31. The molecule has 0 heterocycles. The second-order valence-electron chi connectivity index (χ2n) is 5.23. The monoisotopic (exact) mass is 361 g/mol. The normalized spacial score (nSPS) is 10.2. The minimum absolute atomic E-state index is 0.142. The molecule has 0 atom stereocenters. The summed E-state index contributed by atoms with van der Waals surface area (Å²) in [6.45, 7) is 2.46. The van der Waals surface area contributed by atoms with Gasteiger partial charge in [0.05, 0.1) is 23.8 Å². The Balaban J connectivity index is 1.78. The molecule has 25 heavy (non-hydrogen) atoms. The van der Waals surface area contributed by atoms with Crippen molar-refractivity contribution in [1.29, 1.82) is 0 Å². The van der Waals surface area contributed by atoms with E-state index in [4.69, 9.17) is 21.1 Å². The van der Waals surface area contributed by atoms with Crippen LogP contribution in [0.5, 0.6) is 5.75 Å². The van der Waals surface area contributed by atoms with E-state index >= 15 is 0 Å². The standard InChI is InChI=1S/C19H20ClNO4/c1-2-24-19(23)16-11-10-14(13-17(16)20)21-18(22)9-6-12-25-15-7-4-3-5-8-15/h3-5,7-8,10-11,13H,2,6,9,12H2,1H3,(H,21,22). The van der Waals surface area contributed by atoms with Crippen LogP contribution in [-0.2, 0) is 9.53 Å². The van der Waals surface area contributed by atoms with Gasteiger partial charge in [-0.25, -0.2) is 4.79 Å². The molecule has 1 N–H and O–H groups in total. The first-order chi connectivity index (χ1) is 12.1. The van der Waals surface area contributed by atoms with Gasteiger partial charge >= 0.3 is 5.97 Å². The molecule has 6 heteroatoms. The van der Waals surface area contributed by atoms with E-state index in [0.717, 1.165) is 5.75 Å². The van der Waals surface area contributed by atoms with Gasteiger partial charge in [0, 0.05) is 12.1 Å². The molecule has 0 radical (unpaired) electrons. The number of benzene rings is 2.